The highest BCUT2D eigenvalue weighted by molar-refractivity contribution is 6.20. The van der Waals surface area contributed by atoms with E-state index < -0.39 is 0 Å². The lowest BCUT2D eigenvalue weighted by Gasteiger charge is -2.26. The van der Waals surface area contributed by atoms with Crippen LogP contribution in [0.3, 0.4) is 0 Å². The third-order valence-electron chi connectivity index (χ3n) is 10.9. The summed E-state index contributed by atoms with van der Waals surface area (Å²) in [6.07, 6.45) is 0. The van der Waals surface area contributed by atoms with Gasteiger partial charge in [0.2, 0.25) is 0 Å². The number of benzene rings is 9. The van der Waals surface area contributed by atoms with Crippen LogP contribution in [-0.4, -0.2) is 4.57 Å². The summed E-state index contributed by atoms with van der Waals surface area (Å²) in [6.45, 7) is 0. The lowest BCUT2D eigenvalue weighted by molar-refractivity contribution is 1.18. The van der Waals surface area contributed by atoms with Crippen molar-refractivity contribution in [2.45, 2.75) is 0 Å². The molecule has 0 unspecified atom stereocenters. The number of aromatic nitrogens is 1. The van der Waals surface area contributed by atoms with Gasteiger partial charge in [0.15, 0.2) is 0 Å². The molecule has 0 spiro atoms. The first-order valence-electron chi connectivity index (χ1n) is 17.9. The molecule has 1 aliphatic carbocycles. The number of anilines is 3. The van der Waals surface area contributed by atoms with Crippen molar-refractivity contribution < 1.29 is 0 Å². The fraction of sp³-hybridized carbons (Fsp3) is 0. The van der Waals surface area contributed by atoms with Crippen molar-refractivity contribution in [3.63, 3.8) is 0 Å². The van der Waals surface area contributed by atoms with Gasteiger partial charge in [0.25, 0.3) is 0 Å². The topological polar surface area (TPSA) is 8.17 Å². The quantitative estimate of drug-likeness (QED) is 0.178. The third-order valence-corrected chi connectivity index (χ3v) is 10.9. The van der Waals surface area contributed by atoms with Crippen molar-refractivity contribution in [1.82, 2.24) is 4.57 Å². The molecule has 0 N–H and O–H groups in total. The van der Waals surface area contributed by atoms with E-state index in [1.165, 1.54) is 82.4 Å². The zero-order valence-electron chi connectivity index (χ0n) is 28.4. The number of rotatable bonds is 5. The summed E-state index contributed by atoms with van der Waals surface area (Å²) in [6, 6.07) is 70.9. The fourth-order valence-electron chi connectivity index (χ4n) is 8.48. The van der Waals surface area contributed by atoms with E-state index in [2.05, 4.69) is 204 Å². The molecule has 1 aliphatic rings. The van der Waals surface area contributed by atoms with Crippen molar-refractivity contribution in [1.29, 1.82) is 0 Å². The van der Waals surface area contributed by atoms with E-state index in [0.29, 0.717) is 0 Å². The maximum Gasteiger partial charge on any atom is 0.0547 e. The largest absolute Gasteiger partial charge is 0.310 e. The number of hydrogen-bond donors (Lipinski definition) is 0. The minimum Gasteiger partial charge on any atom is -0.310 e. The van der Waals surface area contributed by atoms with E-state index in [1.807, 2.05) is 0 Å². The average molecular weight is 661 g/mol. The van der Waals surface area contributed by atoms with Gasteiger partial charge in [-0.1, -0.05) is 121 Å². The van der Waals surface area contributed by atoms with E-state index in [9.17, 15) is 0 Å². The third kappa shape index (κ3) is 4.38. The lowest BCUT2D eigenvalue weighted by Crippen LogP contribution is -2.09. The Morgan fingerprint density at radius 3 is 1.69 bits per heavy atom. The molecule has 1 aromatic heterocycles. The Morgan fingerprint density at radius 1 is 0.327 bits per heavy atom. The molecule has 0 radical (unpaired) electrons. The summed E-state index contributed by atoms with van der Waals surface area (Å²) in [5, 5.41) is 7.65. The van der Waals surface area contributed by atoms with Crippen LogP contribution in [0, 0.1) is 0 Å². The molecule has 0 amide bonds. The van der Waals surface area contributed by atoms with Gasteiger partial charge in [0.05, 0.1) is 11.0 Å². The predicted octanol–water partition coefficient (Wildman–Crippen LogP) is 13.9. The number of para-hydroxylation sites is 2. The van der Waals surface area contributed by atoms with Gasteiger partial charge < -0.3 is 9.47 Å². The first-order valence-corrected chi connectivity index (χ1v) is 17.9. The van der Waals surface area contributed by atoms with E-state index in [-0.39, 0.29) is 0 Å². The first-order chi connectivity index (χ1) is 25.8. The standard InChI is InChI=1S/C50H32N2/c1-3-15-38(16-4-1)51(41-27-23-33-11-7-8-12-36(33)29-41)40-25-21-34(22-26-40)37-24-28-48-46(30-37)47-31-44-42-19-9-13-35-14-10-20-43(50(35)42)45(44)32-49(47)52(48)39-17-5-2-6-18-39/h1-32H. The lowest BCUT2D eigenvalue weighted by atomic mass is 9.99. The molecule has 9 aromatic carbocycles. The van der Waals surface area contributed by atoms with Gasteiger partial charge in [-0.05, 0) is 128 Å². The minimum atomic E-state index is 1.12. The first kappa shape index (κ1) is 28.9. The second kappa shape index (κ2) is 11.3. The van der Waals surface area contributed by atoms with Gasteiger partial charge in [0.1, 0.15) is 0 Å². The molecule has 2 heteroatoms. The van der Waals surface area contributed by atoms with E-state index in [1.54, 1.807) is 0 Å². The number of hydrogen-bond acceptors (Lipinski definition) is 1. The van der Waals surface area contributed by atoms with Crippen LogP contribution < -0.4 is 4.90 Å². The summed E-state index contributed by atoms with van der Waals surface area (Å²) >= 11 is 0. The predicted molar refractivity (Wildman–Crippen MR) is 220 cm³/mol. The molecule has 11 rings (SSSR count). The zero-order chi connectivity index (χ0) is 34.2. The average Bonchev–Trinajstić information content (AvgIpc) is 3.70. The molecule has 242 valence electrons. The molecule has 0 aliphatic heterocycles. The molecule has 52 heavy (non-hydrogen) atoms. The Kier molecular flexibility index (Phi) is 6.28. The van der Waals surface area contributed by atoms with Gasteiger partial charge in [-0.3, -0.25) is 0 Å². The van der Waals surface area contributed by atoms with Gasteiger partial charge >= 0.3 is 0 Å². The molecular weight excluding hydrogens is 629 g/mol. The summed E-state index contributed by atoms with van der Waals surface area (Å²) < 4.78 is 2.43. The maximum absolute atomic E-state index is 2.44. The summed E-state index contributed by atoms with van der Waals surface area (Å²) in [7, 11) is 0. The highest BCUT2D eigenvalue weighted by Crippen LogP contribution is 2.50. The monoisotopic (exact) mass is 660 g/mol. The summed E-state index contributed by atoms with van der Waals surface area (Å²) in [4.78, 5) is 2.34. The Labute approximate surface area is 302 Å². The Bertz CT molecular complexity index is 2990. The van der Waals surface area contributed by atoms with E-state index >= 15 is 0 Å². The van der Waals surface area contributed by atoms with Gasteiger partial charge in [-0.15, -0.1) is 0 Å². The zero-order valence-corrected chi connectivity index (χ0v) is 28.4. The van der Waals surface area contributed by atoms with Crippen molar-refractivity contribution >= 4 is 60.4 Å². The van der Waals surface area contributed by atoms with Crippen LogP contribution in [0.2, 0.25) is 0 Å². The van der Waals surface area contributed by atoms with Gasteiger partial charge in [-0.25, -0.2) is 0 Å². The molecule has 1 heterocycles. The second-order valence-corrected chi connectivity index (χ2v) is 13.8. The van der Waals surface area contributed by atoms with Crippen LogP contribution in [0.25, 0.3) is 82.4 Å². The number of fused-ring (bicyclic) bond motifs is 7. The molecule has 10 aromatic rings. The van der Waals surface area contributed by atoms with E-state index in [0.717, 1.165) is 17.1 Å². The maximum atomic E-state index is 2.44. The molecule has 0 saturated heterocycles. The van der Waals surface area contributed by atoms with Crippen molar-refractivity contribution in [2.24, 2.45) is 0 Å². The van der Waals surface area contributed by atoms with Crippen LogP contribution >= 0.6 is 0 Å². The molecule has 0 atom stereocenters. The highest BCUT2D eigenvalue weighted by atomic mass is 15.1. The minimum absolute atomic E-state index is 1.12. The number of nitrogens with zero attached hydrogens (tertiary/aromatic N) is 2. The van der Waals surface area contributed by atoms with Gasteiger partial charge in [-0.2, -0.15) is 0 Å². The van der Waals surface area contributed by atoms with Gasteiger partial charge in [0, 0.05) is 33.5 Å². The summed E-state index contributed by atoms with van der Waals surface area (Å²) in [5.74, 6) is 0. The molecule has 0 saturated carbocycles. The van der Waals surface area contributed by atoms with Crippen LogP contribution in [0.5, 0.6) is 0 Å². The Hall–Kier alpha value is -6.90. The van der Waals surface area contributed by atoms with Crippen molar-refractivity contribution in [3.05, 3.63) is 194 Å². The molecule has 2 nitrogen and oxygen atoms in total. The second-order valence-electron chi connectivity index (χ2n) is 13.8. The van der Waals surface area contributed by atoms with Crippen molar-refractivity contribution in [3.8, 4) is 39.1 Å². The molecule has 0 bridgehead atoms. The smallest absolute Gasteiger partial charge is 0.0547 e. The van der Waals surface area contributed by atoms with E-state index in [4.69, 9.17) is 0 Å². The normalized spacial score (nSPS) is 11.8. The van der Waals surface area contributed by atoms with Crippen LogP contribution in [0.1, 0.15) is 0 Å². The SMILES string of the molecule is c1ccc(N(c2ccc(-c3ccc4c(c3)c3cc5c(cc3n4-c3ccccc3)-c3cccc4cccc-5c34)cc2)c2ccc3ccccc3c2)cc1. The highest BCUT2D eigenvalue weighted by Gasteiger charge is 2.24. The van der Waals surface area contributed by atoms with Crippen LogP contribution in [0.15, 0.2) is 194 Å². The Morgan fingerprint density at radius 2 is 0.923 bits per heavy atom. The Balaban J connectivity index is 1.06. The summed E-state index contributed by atoms with van der Waals surface area (Å²) in [5.41, 5.74) is 14.7. The molecule has 0 fully saturated rings. The van der Waals surface area contributed by atoms with Crippen LogP contribution in [0.4, 0.5) is 17.1 Å². The fourth-order valence-corrected chi connectivity index (χ4v) is 8.48. The van der Waals surface area contributed by atoms with Crippen LogP contribution in [-0.2, 0) is 0 Å². The molecular formula is C50H32N2. The van der Waals surface area contributed by atoms with Crippen molar-refractivity contribution in [2.75, 3.05) is 4.90 Å².